The zero-order chi connectivity index (χ0) is 29.1. The molecule has 2 aromatic carbocycles. The van der Waals surface area contributed by atoms with Gasteiger partial charge in [0.1, 0.15) is 11.4 Å². The number of pyridine rings is 1. The zero-order valence-electron chi connectivity index (χ0n) is 22.8. The number of nitrogens with one attached hydrogen (secondary N) is 1. The van der Waals surface area contributed by atoms with E-state index in [2.05, 4.69) is 49.4 Å². The Bertz CT molecular complexity index is 1480. The number of hydroxylamine groups is 1. The van der Waals surface area contributed by atoms with Gasteiger partial charge in [0.15, 0.2) is 5.82 Å². The molecule has 1 atom stereocenters. The van der Waals surface area contributed by atoms with E-state index in [1.165, 1.54) is 10.8 Å². The van der Waals surface area contributed by atoms with Crippen molar-refractivity contribution in [1.29, 1.82) is 0 Å². The summed E-state index contributed by atoms with van der Waals surface area (Å²) < 4.78 is 41.9. The van der Waals surface area contributed by atoms with Gasteiger partial charge >= 0.3 is 6.18 Å². The Morgan fingerprint density at radius 3 is 2.31 bits per heavy atom. The number of nitrogens with zero attached hydrogens (tertiary/aromatic N) is 5. The Morgan fingerprint density at radius 2 is 1.64 bits per heavy atom. The molecule has 0 radical (unpaired) electrons. The monoisotopic (exact) mass is 594 g/mol. The molecule has 0 amide bonds. The summed E-state index contributed by atoms with van der Waals surface area (Å²) >= 11 is 5.91. The molecule has 0 spiro atoms. The number of halogens is 4. The fraction of sp³-hybridized carbons (Fsp3) is 0.323. The molecule has 11 heteroatoms. The third kappa shape index (κ3) is 6.15. The molecule has 42 heavy (non-hydrogen) atoms. The van der Waals surface area contributed by atoms with Crippen LogP contribution < -0.4 is 15.3 Å². The minimum atomic E-state index is -4.65. The van der Waals surface area contributed by atoms with Crippen LogP contribution in [-0.4, -0.2) is 34.6 Å². The maximum absolute atomic E-state index is 14.0. The third-order valence-electron chi connectivity index (χ3n) is 7.82. The lowest BCUT2D eigenvalue weighted by molar-refractivity contribution is -0.138. The molecular formula is C31H30ClF3N6O. The van der Waals surface area contributed by atoms with Crippen molar-refractivity contribution < 1.29 is 18.0 Å². The molecule has 218 valence electrons. The molecular weight excluding hydrogens is 565 g/mol. The average molecular weight is 595 g/mol. The van der Waals surface area contributed by atoms with E-state index in [0.717, 1.165) is 48.8 Å². The lowest BCUT2D eigenvalue weighted by atomic mass is 9.90. The second-order valence-electron chi connectivity index (χ2n) is 10.5. The highest BCUT2D eigenvalue weighted by atomic mass is 35.5. The first-order valence-corrected chi connectivity index (χ1v) is 14.5. The van der Waals surface area contributed by atoms with Crippen LogP contribution in [0.3, 0.4) is 0 Å². The van der Waals surface area contributed by atoms with Gasteiger partial charge in [-0.1, -0.05) is 48.5 Å². The maximum atomic E-state index is 14.0. The van der Waals surface area contributed by atoms with Gasteiger partial charge in [-0.25, -0.2) is 15.0 Å². The topological polar surface area (TPSA) is 66.4 Å². The van der Waals surface area contributed by atoms with Crippen LogP contribution in [0.4, 0.5) is 36.4 Å². The van der Waals surface area contributed by atoms with E-state index < -0.39 is 17.8 Å². The van der Waals surface area contributed by atoms with E-state index in [0.29, 0.717) is 24.0 Å². The molecule has 7 nitrogen and oxygen atoms in total. The summed E-state index contributed by atoms with van der Waals surface area (Å²) in [7, 11) is 0. The van der Waals surface area contributed by atoms with Crippen LogP contribution in [0.5, 0.6) is 0 Å². The number of anilines is 4. The molecule has 0 unspecified atom stereocenters. The predicted octanol–water partition coefficient (Wildman–Crippen LogP) is 7.64. The standard InChI is InChI=1S/C31H30ClF3N6O/c32-18-21-6-9-25(10-7-21)40-15-12-22(13-16-40)24-8-11-28(36-19-24)38-30-37-20-26(31(33,34)35)29(39-30)41-27(14-17-42-41)23-4-2-1-3-5-23/h1-11,19-20,22,27H,12-18H2,(H,36,37,38,39)/t27-/m0/s1. The molecule has 4 heterocycles. The smallest absolute Gasteiger partial charge is 0.371 e. The molecule has 0 bridgehead atoms. The normalized spacial score (nSPS) is 18.0. The number of alkyl halides is 4. The van der Waals surface area contributed by atoms with Gasteiger partial charge in [0.25, 0.3) is 0 Å². The molecule has 2 fully saturated rings. The Kier molecular flexibility index (Phi) is 8.17. The number of piperidine rings is 1. The van der Waals surface area contributed by atoms with Crippen LogP contribution in [-0.2, 0) is 16.9 Å². The minimum absolute atomic E-state index is 0.00838. The van der Waals surface area contributed by atoms with Crippen molar-refractivity contribution in [2.45, 2.75) is 43.3 Å². The summed E-state index contributed by atoms with van der Waals surface area (Å²) in [5.74, 6) is 1.01. The van der Waals surface area contributed by atoms with Gasteiger partial charge in [0, 0.05) is 43.5 Å². The fourth-order valence-electron chi connectivity index (χ4n) is 5.56. The second kappa shape index (κ2) is 12.1. The summed E-state index contributed by atoms with van der Waals surface area (Å²) in [5.41, 5.74) is 3.33. The number of aromatic nitrogens is 3. The minimum Gasteiger partial charge on any atom is -0.371 e. The van der Waals surface area contributed by atoms with Gasteiger partial charge in [-0.2, -0.15) is 18.2 Å². The highest BCUT2D eigenvalue weighted by molar-refractivity contribution is 6.17. The van der Waals surface area contributed by atoms with E-state index in [1.54, 1.807) is 0 Å². The highest BCUT2D eigenvalue weighted by Gasteiger charge is 2.40. The molecule has 2 aromatic heterocycles. The van der Waals surface area contributed by atoms with Crippen LogP contribution in [0.1, 0.15) is 53.5 Å². The van der Waals surface area contributed by atoms with Gasteiger partial charge < -0.3 is 10.2 Å². The fourth-order valence-corrected chi connectivity index (χ4v) is 5.74. The summed E-state index contributed by atoms with van der Waals surface area (Å²) in [4.78, 5) is 20.8. The first-order valence-electron chi connectivity index (χ1n) is 13.9. The van der Waals surface area contributed by atoms with Crippen LogP contribution in [0.2, 0.25) is 0 Å². The van der Waals surface area contributed by atoms with Crippen molar-refractivity contribution in [3.8, 4) is 0 Å². The largest absolute Gasteiger partial charge is 0.421 e. The molecule has 1 N–H and O–H groups in total. The first-order chi connectivity index (χ1) is 20.4. The Hall–Kier alpha value is -3.89. The first kappa shape index (κ1) is 28.2. The lowest BCUT2D eigenvalue weighted by Crippen LogP contribution is -2.32. The number of hydrogen-bond acceptors (Lipinski definition) is 7. The van der Waals surface area contributed by atoms with Crippen LogP contribution in [0.15, 0.2) is 79.1 Å². The summed E-state index contributed by atoms with van der Waals surface area (Å²) in [6.45, 7) is 2.16. The molecule has 4 aromatic rings. The number of hydrogen-bond donors (Lipinski definition) is 1. The quantitative estimate of drug-likeness (QED) is 0.221. The van der Waals surface area contributed by atoms with Gasteiger partial charge in [-0.3, -0.25) is 4.84 Å². The van der Waals surface area contributed by atoms with Crippen LogP contribution >= 0.6 is 11.6 Å². The second-order valence-corrected chi connectivity index (χ2v) is 10.7. The lowest BCUT2D eigenvalue weighted by Gasteiger charge is -2.33. The van der Waals surface area contributed by atoms with E-state index in [4.69, 9.17) is 16.4 Å². The molecule has 2 aliphatic heterocycles. The van der Waals surface area contributed by atoms with E-state index in [-0.39, 0.29) is 18.4 Å². The van der Waals surface area contributed by atoms with Gasteiger partial charge in [-0.05, 0) is 53.6 Å². The molecule has 2 saturated heterocycles. The molecule has 0 saturated carbocycles. The summed E-state index contributed by atoms with van der Waals surface area (Å²) in [5, 5.41) is 4.22. The Morgan fingerprint density at radius 1 is 0.881 bits per heavy atom. The average Bonchev–Trinajstić information content (AvgIpc) is 3.52. The van der Waals surface area contributed by atoms with Crippen molar-refractivity contribution in [3.63, 3.8) is 0 Å². The summed E-state index contributed by atoms with van der Waals surface area (Å²) in [6, 6.07) is 21.1. The van der Waals surface area contributed by atoms with Crippen molar-refractivity contribution in [1.82, 2.24) is 15.0 Å². The third-order valence-corrected chi connectivity index (χ3v) is 8.13. The van der Waals surface area contributed by atoms with E-state index >= 15 is 0 Å². The van der Waals surface area contributed by atoms with E-state index in [9.17, 15) is 13.2 Å². The molecule has 2 aliphatic rings. The van der Waals surface area contributed by atoms with E-state index in [1.807, 2.05) is 48.7 Å². The molecule has 6 rings (SSSR count). The maximum Gasteiger partial charge on any atom is 0.421 e. The van der Waals surface area contributed by atoms with Crippen molar-refractivity contribution >= 4 is 34.9 Å². The van der Waals surface area contributed by atoms with Crippen molar-refractivity contribution in [2.75, 3.05) is 35.0 Å². The Balaban J connectivity index is 1.15. The van der Waals surface area contributed by atoms with Crippen molar-refractivity contribution in [2.24, 2.45) is 0 Å². The number of rotatable bonds is 7. The zero-order valence-corrected chi connectivity index (χ0v) is 23.5. The predicted molar refractivity (Wildman–Crippen MR) is 157 cm³/mol. The SMILES string of the molecule is FC(F)(F)c1cnc(Nc2ccc(C3CCN(c4ccc(CCl)cc4)CC3)cn2)nc1N1OCC[C@H]1c1ccccc1. The van der Waals surface area contributed by atoms with Crippen LogP contribution in [0.25, 0.3) is 0 Å². The van der Waals surface area contributed by atoms with Crippen molar-refractivity contribution in [3.05, 3.63) is 101 Å². The van der Waals surface area contributed by atoms with Gasteiger partial charge in [0.2, 0.25) is 5.95 Å². The van der Waals surface area contributed by atoms with Crippen LogP contribution in [0, 0.1) is 0 Å². The van der Waals surface area contributed by atoms with Gasteiger partial charge in [-0.15, -0.1) is 11.6 Å². The number of benzene rings is 2. The highest BCUT2D eigenvalue weighted by Crippen LogP contribution is 2.41. The van der Waals surface area contributed by atoms with Gasteiger partial charge in [0.05, 0.1) is 12.6 Å². The molecule has 0 aliphatic carbocycles. The summed E-state index contributed by atoms with van der Waals surface area (Å²) in [6.07, 6.45) is 0.489. The Labute approximate surface area is 247 Å².